The Morgan fingerprint density at radius 1 is 1.33 bits per heavy atom. The highest BCUT2D eigenvalue weighted by Crippen LogP contribution is 2.25. The van der Waals surface area contributed by atoms with Crippen LogP contribution in [0.5, 0.6) is 0 Å². The Bertz CT molecular complexity index is 593. The van der Waals surface area contributed by atoms with Gasteiger partial charge in [0.05, 0.1) is 4.90 Å². The molecule has 118 valence electrons. The van der Waals surface area contributed by atoms with E-state index >= 15 is 0 Å². The fourth-order valence-electron chi connectivity index (χ4n) is 2.78. The van der Waals surface area contributed by atoms with Gasteiger partial charge in [-0.3, -0.25) is 0 Å². The molecule has 0 unspecified atom stereocenters. The number of anilines is 1. The number of benzene rings is 1. The first-order valence-electron chi connectivity index (χ1n) is 7.41. The summed E-state index contributed by atoms with van der Waals surface area (Å²) >= 11 is 0. The largest absolute Gasteiger partial charge is 0.398 e. The fourth-order valence-corrected chi connectivity index (χ4v) is 4.23. The van der Waals surface area contributed by atoms with Crippen LogP contribution in [0.25, 0.3) is 0 Å². The normalized spacial score (nSPS) is 18.3. The van der Waals surface area contributed by atoms with Crippen molar-refractivity contribution >= 4 is 15.7 Å². The monoisotopic (exact) mass is 311 g/mol. The minimum absolute atomic E-state index is 0.0678. The van der Waals surface area contributed by atoms with Crippen LogP contribution in [0, 0.1) is 0 Å². The Kier molecular flexibility index (Phi) is 4.91. The zero-order valence-electron chi connectivity index (χ0n) is 13.0. The Balaban J connectivity index is 2.22. The first-order chi connectivity index (χ1) is 9.86. The number of sulfonamides is 1. The van der Waals surface area contributed by atoms with E-state index in [0.29, 0.717) is 10.6 Å². The van der Waals surface area contributed by atoms with Crippen molar-refractivity contribution in [3.8, 4) is 0 Å². The molecule has 0 saturated carbocycles. The van der Waals surface area contributed by atoms with E-state index in [2.05, 4.69) is 11.9 Å². The molecule has 0 aliphatic carbocycles. The molecule has 2 N–H and O–H groups in total. The molecule has 0 amide bonds. The lowest BCUT2D eigenvalue weighted by Gasteiger charge is -2.34. The van der Waals surface area contributed by atoms with Gasteiger partial charge >= 0.3 is 0 Å². The van der Waals surface area contributed by atoms with Gasteiger partial charge in [0.25, 0.3) is 0 Å². The lowest BCUT2D eigenvalue weighted by atomic mass is 10.1. The van der Waals surface area contributed by atoms with Crippen LogP contribution in [0.4, 0.5) is 5.69 Å². The second kappa shape index (κ2) is 6.34. The summed E-state index contributed by atoms with van der Waals surface area (Å²) in [5, 5.41) is 0. The Labute approximate surface area is 127 Å². The molecule has 0 bridgehead atoms. The number of aryl methyl sites for hydroxylation is 1. The van der Waals surface area contributed by atoms with Crippen molar-refractivity contribution < 1.29 is 8.42 Å². The zero-order valence-corrected chi connectivity index (χ0v) is 13.9. The lowest BCUT2D eigenvalue weighted by Crippen LogP contribution is -2.44. The van der Waals surface area contributed by atoms with Crippen LogP contribution < -0.4 is 5.73 Å². The molecule has 0 spiro atoms. The highest BCUT2D eigenvalue weighted by atomic mass is 32.2. The summed E-state index contributed by atoms with van der Waals surface area (Å²) in [6.07, 6.45) is 2.54. The smallest absolute Gasteiger partial charge is 0.243 e. The number of rotatable bonds is 4. The number of nitrogens with zero attached hydrogens (tertiary/aromatic N) is 2. The van der Waals surface area contributed by atoms with Crippen molar-refractivity contribution in [3.05, 3.63) is 23.8 Å². The van der Waals surface area contributed by atoms with E-state index in [-0.39, 0.29) is 6.04 Å². The van der Waals surface area contributed by atoms with Gasteiger partial charge in [0.2, 0.25) is 10.0 Å². The lowest BCUT2D eigenvalue weighted by molar-refractivity contribution is 0.197. The van der Waals surface area contributed by atoms with E-state index in [1.807, 2.05) is 13.0 Å². The molecule has 1 aliphatic heterocycles. The first-order valence-corrected chi connectivity index (χ1v) is 8.85. The molecular weight excluding hydrogens is 286 g/mol. The molecule has 6 heteroatoms. The van der Waals surface area contributed by atoms with Crippen molar-refractivity contribution in [2.75, 3.05) is 32.9 Å². The third-order valence-corrected chi connectivity index (χ3v) is 6.28. The number of hydrogen-bond acceptors (Lipinski definition) is 4. The van der Waals surface area contributed by atoms with Gasteiger partial charge in [-0.05, 0) is 57.1 Å². The third-order valence-electron chi connectivity index (χ3n) is 4.38. The van der Waals surface area contributed by atoms with Gasteiger partial charge in [-0.15, -0.1) is 0 Å². The maximum atomic E-state index is 12.7. The molecule has 1 aromatic carbocycles. The highest BCUT2D eigenvalue weighted by Gasteiger charge is 2.30. The Morgan fingerprint density at radius 3 is 2.48 bits per heavy atom. The summed E-state index contributed by atoms with van der Waals surface area (Å²) < 4.78 is 27.0. The number of likely N-dealkylation sites (tertiary alicyclic amines) is 1. The number of hydrogen-bond donors (Lipinski definition) is 1. The van der Waals surface area contributed by atoms with Crippen molar-refractivity contribution in [3.63, 3.8) is 0 Å². The predicted octanol–water partition coefficient (Wildman–Crippen LogP) is 1.55. The van der Waals surface area contributed by atoms with Gasteiger partial charge < -0.3 is 10.6 Å². The summed E-state index contributed by atoms with van der Waals surface area (Å²) in [6, 6.07) is 5.12. The van der Waals surface area contributed by atoms with E-state index in [1.165, 1.54) is 4.31 Å². The first kappa shape index (κ1) is 16.3. The van der Waals surface area contributed by atoms with E-state index in [0.717, 1.165) is 37.9 Å². The minimum atomic E-state index is -3.47. The second-order valence-corrected chi connectivity index (χ2v) is 7.77. The predicted molar refractivity (Wildman–Crippen MR) is 85.7 cm³/mol. The van der Waals surface area contributed by atoms with Gasteiger partial charge in [-0.2, -0.15) is 4.31 Å². The average molecular weight is 311 g/mol. The van der Waals surface area contributed by atoms with Gasteiger partial charge in [0, 0.05) is 18.8 Å². The zero-order chi connectivity index (χ0) is 15.6. The topological polar surface area (TPSA) is 66.6 Å². The molecule has 0 atom stereocenters. The number of nitrogens with two attached hydrogens (primary N) is 1. The maximum absolute atomic E-state index is 12.7. The summed E-state index contributed by atoms with van der Waals surface area (Å²) in [5.41, 5.74) is 7.47. The molecule has 1 aromatic rings. The van der Waals surface area contributed by atoms with E-state index in [9.17, 15) is 8.42 Å². The van der Waals surface area contributed by atoms with E-state index < -0.39 is 10.0 Å². The summed E-state index contributed by atoms with van der Waals surface area (Å²) in [7, 11) is 0.271. The average Bonchev–Trinajstić information content (AvgIpc) is 2.47. The Hall–Kier alpha value is -1.11. The Morgan fingerprint density at radius 2 is 1.95 bits per heavy atom. The standard InChI is InChI=1S/C15H25N3O2S/c1-4-12-5-6-14(11-15(12)16)21(19,20)18(3)13-7-9-17(2)10-8-13/h5-6,11,13H,4,7-10,16H2,1-3H3. The number of nitrogen functional groups attached to an aromatic ring is 1. The van der Waals surface area contributed by atoms with Crippen molar-refractivity contribution in [1.82, 2.24) is 9.21 Å². The fraction of sp³-hybridized carbons (Fsp3) is 0.600. The van der Waals surface area contributed by atoms with Crippen LogP contribution in [0.15, 0.2) is 23.1 Å². The summed E-state index contributed by atoms with van der Waals surface area (Å²) in [5.74, 6) is 0. The van der Waals surface area contributed by atoms with Crippen LogP contribution >= 0.6 is 0 Å². The third kappa shape index (κ3) is 3.39. The maximum Gasteiger partial charge on any atom is 0.243 e. The quantitative estimate of drug-likeness (QED) is 0.857. The number of piperidine rings is 1. The van der Waals surface area contributed by atoms with E-state index in [1.54, 1.807) is 19.2 Å². The van der Waals surface area contributed by atoms with Crippen molar-refractivity contribution in [2.24, 2.45) is 0 Å². The van der Waals surface area contributed by atoms with E-state index in [4.69, 9.17) is 5.73 Å². The minimum Gasteiger partial charge on any atom is -0.398 e. The van der Waals surface area contributed by atoms with Gasteiger partial charge in [0.15, 0.2) is 0 Å². The summed E-state index contributed by atoms with van der Waals surface area (Å²) in [6.45, 7) is 3.87. The molecule has 1 fully saturated rings. The van der Waals surface area contributed by atoms with Gasteiger partial charge in [-0.25, -0.2) is 8.42 Å². The van der Waals surface area contributed by atoms with Crippen LogP contribution in [-0.2, 0) is 16.4 Å². The molecule has 0 radical (unpaired) electrons. The summed E-state index contributed by atoms with van der Waals surface area (Å²) in [4.78, 5) is 2.52. The molecular formula is C15H25N3O2S. The van der Waals surface area contributed by atoms with Crippen LogP contribution in [0.2, 0.25) is 0 Å². The van der Waals surface area contributed by atoms with Crippen molar-refractivity contribution in [1.29, 1.82) is 0 Å². The molecule has 1 aliphatic rings. The molecule has 1 saturated heterocycles. The SMILES string of the molecule is CCc1ccc(S(=O)(=O)N(C)C2CCN(C)CC2)cc1N. The van der Waals surface area contributed by atoms with Crippen LogP contribution in [0.1, 0.15) is 25.3 Å². The second-order valence-electron chi connectivity index (χ2n) is 5.77. The van der Waals surface area contributed by atoms with Gasteiger partial charge in [-0.1, -0.05) is 13.0 Å². The molecule has 1 heterocycles. The van der Waals surface area contributed by atoms with Crippen LogP contribution in [-0.4, -0.2) is 50.8 Å². The molecule has 0 aromatic heterocycles. The van der Waals surface area contributed by atoms with Crippen LogP contribution in [0.3, 0.4) is 0 Å². The molecule has 5 nitrogen and oxygen atoms in total. The van der Waals surface area contributed by atoms with Crippen molar-refractivity contribution in [2.45, 2.75) is 37.1 Å². The molecule has 21 heavy (non-hydrogen) atoms. The molecule has 2 rings (SSSR count). The highest BCUT2D eigenvalue weighted by molar-refractivity contribution is 7.89. The van der Waals surface area contributed by atoms with Gasteiger partial charge in [0.1, 0.15) is 0 Å².